The molecule has 1 aliphatic carbocycles. The smallest absolute Gasteiger partial charge is 0.311 e. The molecule has 1 rings (SSSR count). The van der Waals surface area contributed by atoms with Crippen molar-refractivity contribution in [2.45, 2.75) is 70.6 Å². The Balaban J connectivity index is 2.71. The molecule has 0 bridgehead atoms. The van der Waals surface area contributed by atoms with Crippen molar-refractivity contribution in [2.24, 2.45) is 5.92 Å². The zero-order valence-corrected chi connectivity index (χ0v) is 12.1. The topological polar surface area (TPSA) is 74.6 Å². The molecule has 20 heavy (non-hydrogen) atoms. The fraction of sp³-hybridized carbons (Fsp3) is 0.750. The molecule has 0 spiro atoms. The van der Waals surface area contributed by atoms with Gasteiger partial charge in [-0.1, -0.05) is 50.2 Å². The first-order chi connectivity index (χ1) is 9.61. The van der Waals surface area contributed by atoms with E-state index in [1.807, 2.05) is 6.08 Å². The first kappa shape index (κ1) is 16.7. The highest BCUT2D eigenvalue weighted by Gasteiger charge is 2.24. The van der Waals surface area contributed by atoms with Gasteiger partial charge in [0.2, 0.25) is 0 Å². The Kier molecular flexibility index (Phi) is 8.00. The van der Waals surface area contributed by atoms with Crippen molar-refractivity contribution in [3.05, 3.63) is 11.6 Å². The summed E-state index contributed by atoms with van der Waals surface area (Å²) < 4.78 is 0. The largest absolute Gasteiger partial charge is 0.481 e. The molecule has 1 atom stereocenters. The van der Waals surface area contributed by atoms with Gasteiger partial charge in [-0.25, -0.2) is 0 Å². The highest BCUT2D eigenvalue weighted by molar-refractivity contribution is 5.80. The summed E-state index contributed by atoms with van der Waals surface area (Å²) in [6, 6.07) is 0. The third-order valence-electron chi connectivity index (χ3n) is 3.95. The first-order valence-corrected chi connectivity index (χ1v) is 7.75. The monoisotopic (exact) mass is 282 g/mol. The maximum atomic E-state index is 11.3. The second kappa shape index (κ2) is 9.56. The lowest BCUT2D eigenvalue weighted by molar-refractivity contribution is -0.147. The second-order valence-electron chi connectivity index (χ2n) is 5.63. The summed E-state index contributed by atoms with van der Waals surface area (Å²) in [5.74, 6) is -2.90. The fourth-order valence-electron chi connectivity index (χ4n) is 2.79. The van der Waals surface area contributed by atoms with Crippen LogP contribution in [0.15, 0.2) is 11.6 Å². The Morgan fingerprint density at radius 3 is 2.05 bits per heavy atom. The van der Waals surface area contributed by atoms with Gasteiger partial charge in [-0.05, 0) is 25.7 Å². The SMILES string of the molecule is O=C(O)CC(C(=O)O)/C1=C\CCCCCCCCCC1. The van der Waals surface area contributed by atoms with Crippen LogP contribution in [0.5, 0.6) is 0 Å². The van der Waals surface area contributed by atoms with Gasteiger partial charge in [-0.2, -0.15) is 0 Å². The molecule has 4 nitrogen and oxygen atoms in total. The normalized spacial score (nSPS) is 22.7. The van der Waals surface area contributed by atoms with Gasteiger partial charge in [0.25, 0.3) is 0 Å². The molecule has 0 aromatic carbocycles. The second-order valence-corrected chi connectivity index (χ2v) is 5.63. The van der Waals surface area contributed by atoms with E-state index in [1.54, 1.807) is 0 Å². The molecule has 0 aliphatic heterocycles. The standard InChI is InChI=1S/C16H26O4/c17-15(18)12-14(16(19)20)13-10-8-6-4-2-1-3-5-7-9-11-13/h10,14H,1-9,11-12H2,(H,17,18)(H,19,20)/b13-10-. The molecule has 0 radical (unpaired) electrons. The lowest BCUT2D eigenvalue weighted by Gasteiger charge is -2.16. The number of hydrogen-bond acceptors (Lipinski definition) is 2. The van der Waals surface area contributed by atoms with Crippen LogP contribution >= 0.6 is 0 Å². The summed E-state index contributed by atoms with van der Waals surface area (Å²) in [7, 11) is 0. The maximum absolute atomic E-state index is 11.3. The molecule has 1 aliphatic rings. The molecule has 0 aromatic heterocycles. The number of carboxylic acid groups (broad SMARTS) is 2. The predicted octanol–water partition coefficient (Wildman–Crippen LogP) is 4.00. The first-order valence-electron chi connectivity index (χ1n) is 7.75. The third-order valence-corrected chi connectivity index (χ3v) is 3.95. The Morgan fingerprint density at radius 1 is 0.950 bits per heavy atom. The third kappa shape index (κ3) is 6.73. The van der Waals surface area contributed by atoms with E-state index in [-0.39, 0.29) is 6.42 Å². The average molecular weight is 282 g/mol. The number of carbonyl (C=O) groups is 2. The lowest BCUT2D eigenvalue weighted by Crippen LogP contribution is -2.20. The van der Waals surface area contributed by atoms with Crippen LogP contribution < -0.4 is 0 Å². The van der Waals surface area contributed by atoms with Crippen LogP contribution in [0.1, 0.15) is 70.6 Å². The van der Waals surface area contributed by atoms with Gasteiger partial charge in [0.15, 0.2) is 0 Å². The van der Waals surface area contributed by atoms with Crippen molar-refractivity contribution in [2.75, 3.05) is 0 Å². The molecule has 0 aromatic rings. The van der Waals surface area contributed by atoms with Gasteiger partial charge < -0.3 is 10.2 Å². The van der Waals surface area contributed by atoms with Crippen molar-refractivity contribution in [1.82, 2.24) is 0 Å². The zero-order chi connectivity index (χ0) is 14.8. The van der Waals surface area contributed by atoms with Crippen LogP contribution in [0, 0.1) is 5.92 Å². The quantitative estimate of drug-likeness (QED) is 0.764. The summed E-state index contributed by atoms with van der Waals surface area (Å²) in [5.41, 5.74) is 0.820. The summed E-state index contributed by atoms with van der Waals surface area (Å²) in [4.78, 5) is 22.1. The molecule has 0 fully saturated rings. The summed E-state index contributed by atoms with van der Waals surface area (Å²) >= 11 is 0. The van der Waals surface area contributed by atoms with Gasteiger partial charge >= 0.3 is 11.9 Å². The minimum atomic E-state index is -1.04. The summed E-state index contributed by atoms with van der Waals surface area (Å²) in [6.07, 6.45) is 12.6. The van der Waals surface area contributed by atoms with E-state index < -0.39 is 17.9 Å². The Hall–Kier alpha value is -1.32. The molecule has 0 saturated heterocycles. The van der Waals surface area contributed by atoms with Gasteiger partial charge in [0.1, 0.15) is 0 Å². The average Bonchev–Trinajstić information content (AvgIpc) is 2.36. The number of allylic oxidation sites excluding steroid dienone is 1. The van der Waals surface area contributed by atoms with Crippen LogP contribution in [-0.2, 0) is 9.59 Å². The zero-order valence-electron chi connectivity index (χ0n) is 12.1. The Morgan fingerprint density at radius 2 is 1.50 bits per heavy atom. The van der Waals surface area contributed by atoms with Crippen molar-refractivity contribution in [3.8, 4) is 0 Å². The van der Waals surface area contributed by atoms with Gasteiger partial charge in [0, 0.05) is 0 Å². The van der Waals surface area contributed by atoms with Crippen LogP contribution in [0.2, 0.25) is 0 Å². The molecule has 0 saturated carbocycles. The van der Waals surface area contributed by atoms with Gasteiger partial charge in [-0.3, -0.25) is 9.59 Å². The Bertz CT molecular complexity index is 346. The Labute approximate surface area is 120 Å². The molecule has 0 amide bonds. The van der Waals surface area contributed by atoms with Crippen LogP contribution in [0.25, 0.3) is 0 Å². The lowest BCUT2D eigenvalue weighted by atomic mass is 9.89. The summed E-state index contributed by atoms with van der Waals surface area (Å²) in [5, 5.41) is 18.1. The van der Waals surface area contributed by atoms with E-state index in [0.717, 1.165) is 37.7 Å². The minimum absolute atomic E-state index is 0.304. The van der Waals surface area contributed by atoms with E-state index in [9.17, 15) is 14.7 Å². The minimum Gasteiger partial charge on any atom is -0.481 e. The highest BCUT2D eigenvalue weighted by atomic mass is 16.4. The van der Waals surface area contributed by atoms with E-state index >= 15 is 0 Å². The molecule has 0 heterocycles. The van der Waals surface area contributed by atoms with Crippen LogP contribution in [0.4, 0.5) is 0 Å². The van der Waals surface area contributed by atoms with E-state index in [1.165, 1.54) is 32.1 Å². The van der Waals surface area contributed by atoms with Crippen molar-refractivity contribution >= 4 is 11.9 Å². The molecule has 4 heteroatoms. The number of rotatable bonds is 4. The number of aliphatic carboxylic acids is 2. The van der Waals surface area contributed by atoms with E-state index in [2.05, 4.69) is 0 Å². The molecule has 1 unspecified atom stereocenters. The fourth-order valence-corrected chi connectivity index (χ4v) is 2.79. The number of carboxylic acids is 2. The van der Waals surface area contributed by atoms with Crippen LogP contribution in [-0.4, -0.2) is 22.2 Å². The maximum Gasteiger partial charge on any atom is 0.311 e. The van der Waals surface area contributed by atoms with Crippen LogP contribution in [0.3, 0.4) is 0 Å². The number of hydrogen-bond donors (Lipinski definition) is 2. The summed E-state index contributed by atoms with van der Waals surface area (Å²) in [6.45, 7) is 0. The van der Waals surface area contributed by atoms with E-state index in [0.29, 0.717) is 0 Å². The molecule has 114 valence electrons. The molecular weight excluding hydrogens is 256 g/mol. The van der Waals surface area contributed by atoms with E-state index in [4.69, 9.17) is 5.11 Å². The van der Waals surface area contributed by atoms with Crippen molar-refractivity contribution in [1.29, 1.82) is 0 Å². The highest BCUT2D eigenvalue weighted by Crippen LogP contribution is 2.24. The predicted molar refractivity (Wildman–Crippen MR) is 77.6 cm³/mol. The van der Waals surface area contributed by atoms with Gasteiger partial charge in [0.05, 0.1) is 12.3 Å². The molecular formula is C16H26O4. The van der Waals surface area contributed by atoms with Crippen molar-refractivity contribution in [3.63, 3.8) is 0 Å². The van der Waals surface area contributed by atoms with Gasteiger partial charge in [-0.15, -0.1) is 0 Å². The van der Waals surface area contributed by atoms with Crippen molar-refractivity contribution < 1.29 is 19.8 Å². The molecule has 2 N–H and O–H groups in total.